The SMILES string of the molecule is Cc1cc([N+](=O)[O-])ccc1O[C@H](F)C(F)(F)F. The third-order valence-corrected chi connectivity index (χ3v) is 1.86. The predicted molar refractivity (Wildman–Crippen MR) is 49.4 cm³/mol. The van der Waals surface area contributed by atoms with Crippen LogP contribution in [0.2, 0.25) is 0 Å². The van der Waals surface area contributed by atoms with E-state index in [4.69, 9.17) is 0 Å². The lowest BCUT2D eigenvalue weighted by Gasteiger charge is -2.15. The summed E-state index contributed by atoms with van der Waals surface area (Å²) in [6, 6.07) is 2.86. The van der Waals surface area contributed by atoms with Crippen molar-refractivity contribution in [1.29, 1.82) is 0 Å². The molecule has 17 heavy (non-hydrogen) atoms. The molecule has 1 aromatic rings. The number of hydrogen-bond acceptors (Lipinski definition) is 3. The van der Waals surface area contributed by atoms with Crippen molar-refractivity contribution in [3.8, 4) is 5.75 Å². The number of non-ortho nitro benzene ring substituents is 1. The van der Waals surface area contributed by atoms with Gasteiger partial charge in [-0.25, -0.2) is 0 Å². The highest BCUT2D eigenvalue weighted by atomic mass is 19.4. The normalized spacial score (nSPS) is 13.2. The van der Waals surface area contributed by atoms with Crippen LogP contribution in [0, 0.1) is 17.0 Å². The standard InChI is InChI=1S/C9H7F4NO3/c1-5-4-6(14(15)16)2-3-7(5)17-8(10)9(11,12)13/h2-4,8H,1H3/t8-/m0/s1. The highest BCUT2D eigenvalue weighted by Crippen LogP contribution is 2.29. The number of benzene rings is 1. The molecule has 4 nitrogen and oxygen atoms in total. The Kier molecular flexibility index (Phi) is 3.54. The molecule has 1 rings (SSSR count). The van der Waals surface area contributed by atoms with Crippen molar-refractivity contribution in [2.24, 2.45) is 0 Å². The Morgan fingerprint density at radius 2 is 2.00 bits per heavy atom. The van der Waals surface area contributed by atoms with Crippen LogP contribution in [0.1, 0.15) is 5.56 Å². The largest absolute Gasteiger partial charge is 0.457 e. The van der Waals surface area contributed by atoms with E-state index in [2.05, 4.69) is 4.74 Å². The Labute approximate surface area is 93.0 Å². The molecule has 0 N–H and O–H groups in total. The van der Waals surface area contributed by atoms with Crippen molar-refractivity contribution >= 4 is 5.69 Å². The summed E-state index contributed by atoms with van der Waals surface area (Å²) in [5, 5.41) is 10.4. The summed E-state index contributed by atoms with van der Waals surface area (Å²) in [5.41, 5.74) is -0.261. The van der Waals surface area contributed by atoms with E-state index in [-0.39, 0.29) is 17.0 Å². The molecule has 94 valence electrons. The van der Waals surface area contributed by atoms with Gasteiger partial charge in [-0.2, -0.15) is 17.6 Å². The third-order valence-electron chi connectivity index (χ3n) is 1.86. The van der Waals surface area contributed by atoms with Crippen molar-refractivity contribution in [3.63, 3.8) is 0 Å². The molecular formula is C9H7F4NO3. The first-order valence-electron chi connectivity index (χ1n) is 4.34. The van der Waals surface area contributed by atoms with E-state index in [0.717, 1.165) is 18.2 Å². The average Bonchev–Trinajstić information content (AvgIpc) is 2.19. The molecule has 0 aliphatic carbocycles. The van der Waals surface area contributed by atoms with E-state index in [1.807, 2.05) is 0 Å². The highest BCUT2D eigenvalue weighted by molar-refractivity contribution is 5.42. The molecule has 0 heterocycles. The molecular weight excluding hydrogens is 246 g/mol. The first kappa shape index (κ1) is 13.2. The van der Waals surface area contributed by atoms with Crippen LogP contribution in [-0.4, -0.2) is 17.5 Å². The summed E-state index contributed by atoms with van der Waals surface area (Å²) in [6.45, 7) is 1.28. The van der Waals surface area contributed by atoms with Gasteiger partial charge in [0.2, 0.25) is 0 Å². The van der Waals surface area contributed by atoms with Gasteiger partial charge < -0.3 is 4.74 Å². The van der Waals surface area contributed by atoms with Gasteiger partial charge in [-0.1, -0.05) is 0 Å². The van der Waals surface area contributed by atoms with Gasteiger partial charge in [0, 0.05) is 12.1 Å². The number of alkyl halides is 4. The van der Waals surface area contributed by atoms with Crippen molar-refractivity contribution in [3.05, 3.63) is 33.9 Å². The number of nitro groups is 1. The van der Waals surface area contributed by atoms with Gasteiger partial charge in [0.1, 0.15) is 5.75 Å². The molecule has 0 saturated heterocycles. The minimum absolute atomic E-state index is 0.0473. The zero-order valence-corrected chi connectivity index (χ0v) is 8.49. The average molecular weight is 253 g/mol. The lowest BCUT2D eigenvalue weighted by Crippen LogP contribution is -2.30. The van der Waals surface area contributed by atoms with Crippen molar-refractivity contribution < 1.29 is 27.2 Å². The molecule has 0 aliphatic rings. The molecule has 1 aromatic carbocycles. The fourth-order valence-electron chi connectivity index (χ4n) is 1.06. The summed E-state index contributed by atoms with van der Waals surface area (Å²) in [7, 11) is 0. The van der Waals surface area contributed by atoms with Gasteiger partial charge in [0.15, 0.2) is 0 Å². The molecule has 8 heteroatoms. The number of nitro benzene ring substituents is 1. The first-order valence-corrected chi connectivity index (χ1v) is 4.34. The van der Waals surface area contributed by atoms with E-state index in [1.165, 1.54) is 6.92 Å². The van der Waals surface area contributed by atoms with Crippen LogP contribution >= 0.6 is 0 Å². The molecule has 0 fully saturated rings. The highest BCUT2D eigenvalue weighted by Gasteiger charge is 2.42. The number of rotatable bonds is 3. The Hall–Kier alpha value is -1.86. The van der Waals surface area contributed by atoms with Crippen LogP contribution in [0.5, 0.6) is 5.75 Å². The maximum atomic E-state index is 12.6. The molecule has 0 saturated carbocycles. The monoisotopic (exact) mass is 253 g/mol. The zero-order valence-electron chi connectivity index (χ0n) is 8.49. The topological polar surface area (TPSA) is 52.4 Å². The van der Waals surface area contributed by atoms with E-state index in [9.17, 15) is 27.7 Å². The molecule has 0 bridgehead atoms. The van der Waals surface area contributed by atoms with Crippen molar-refractivity contribution in [2.75, 3.05) is 0 Å². The van der Waals surface area contributed by atoms with Gasteiger partial charge in [-0.3, -0.25) is 10.1 Å². The van der Waals surface area contributed by atoms with Crippen molar-refractivity contribution in [1.82, 2.24) is 0 Å². The Morgan fingerprint density at radius 3 is 2.41 bits per heavy atom. The van der Waals surface area contributed by atoms with Crippen LogP contribution in [0.25, 0.3) is 0 Å². The van der Waals surface area contributed by atoms with Crippen LogP contribution in [0.3, 0.4) is 0 Å². The number of aryl methyl sites for hydroxylation is 1. The van der Waals surface area contributed by atoms with E-state index < -0.39 is 17.5 Å². The molecule has 0 unspecified atom stereocenters. The summed E-state index contributed by atoms with van der Waals surface area (Å²) in [6.07, 6.45) is -8.59. The van der Waals surface area contributed by atoms with Gasteiger partial charge in [0.25, 0.3) is 5.69 Å². The van der Waals surface area contributed by atoms with E-state index in [1.54, 1.807) is 0 Å². The summed E-state index contributed by atoms with van der Waals surface area (Å²) in [4.78, 5) is 9.64. The fourth-order valence-corrected chi connectivity index (χ4v) is 1.06. The summed E-state index contributed by atoms with van der Waals surface area (Å²) in [5.74, 6) is -0.388. The minimum atomic E-state index is -5.13. The molecule has 0 radical (unpaired) electrons. The summed E-state index contributed by atoms with van der Waals surface area (Å²) < 4.78 is 52.2. The van der Waals surface area contributed by atoms with Crippen LogP contribution in [0.4, 0.5) is 23.2 Å². The maximum Gasteiger partial charge on any atom is 0.457 e. The van der Waals surface area contributed by atoms with Gasteiger partial charge in [0.05, 0.1) is 4.92 Å². The number of ether oxygens (including phenoxy) is 1. The second kappa shape index (κ2) is 4.56. The van der Waals surface area contributed by atoms with Crippen molar-refractivity contribution in [2.45, 2.75) is 19.5 Å². The van der Waals surface area contributed by atoms with E-state index in [0.29, 0.717) is 0 Å². The molecule has 0 spiro atoms. The van der Waals surface area contributed by atoms with Gasteiger partial charge in [-0.05, 0) is 18.6 Å². The third kappa shape index (κ3) is 3.30. The maximum absolute atomic E-state index is 12.6. The number of halogens is 4. The van der Waals surface area contributed by atoms with Gasteiger partial charge in [-0.15, -0.1) is 0 Å². The minimum Gasteiger partial charge on any atom is -0.452 e. The molecule has 0 aliphatic heterocycles. The predicted octanol–water partition coefficient (Wildman–Crippen LogP) is 3.14. The lowest BCUT2D eigenvalue weighted by molar-refractivity contribution is -0.384. The van der Waals surface area contributed by atoms with Crippen LogP contribution < -0.4 is 4.74 Å². The molecule has 1 atom stereocenters. The Bertz CT molecular complexity index is 433. The Balaban J connectivity index is 2.90. The van der Waals surface area contributed by atoms with Crippen LogP contribution in [-0.2, 0) is 0 Å². The molecule has 0 amide bonds. The fraction of sp³-hybridized carbons (Fsp3) is 0.333. The second-order valence-corrected chi connectivity index (χ2v) is 3.18. The lowest BCUT2D eigenvalue weighted by atomic mass is 10.2. The second-order valence-electron chi connectivity index (χ2n) is 3.18. The molecule has 0 aromatic heterocycles. The summed E-state index contributed by atoms with van der Waals surface area (Å²) >= 11 is 0. The number of hydrogen-bond donors (Lipinski definition) is 0. The van der Waals surface area contributed by atoms with Crippen LogP contribution in [0.15, 0.2) is 18.2 Å². The Morgan fingerprint density at radius 1 is 1.41 bits per heavy atom. The van der Waals surface area contributed by atoms with Gasteiger partial charge >= 0.3 is 12.5 Å². The smallest absolute Gasteiger partial charge is 0.452 e. The first-order chi connectivity index (χ1) is 7.71. The quantitative estimate of drug-likeness (QED) is 0.472. The van der Waals surface area contributed by atoms with E-state index >= 15 is 0 Å². The zero-order chi connectivity index (χ0) is 13.2. The number of nitrogens with zero attached hydrogens (tertiary/aromatic N) is 1.